The molecule has 5 aromatic rings. The first-order chi connectivity index (χ1) is 17.9. The summed E-state index contributed by atoms with van der Waals surface area (Å²) < 4.78 is 12.2. The summed E-state index contributed by atoms with van der Waals surface area (Å²) in [6.07, 6.45) is 3.98. The topological polar surface area (TPSA) is 115 Å². The van der Waals surface area contributed by atoms with Gasteiger partial charge in [-0.3, -0.25) is 9.59 Å². The first kappa shape index (κ1) is 23.1. The first-order valence-electron chi connectivity index (χ1n) is 11.8. The molecule has 9 nitrogen and oxygen atoms in total. The summed E-state index contributed by atoms with van der Waals surface area (Å²) in [6.45, 7) is 2.06. The van der Waals surface area contributed by atoms with Gasteiger partial charge in [0, 0.05) is 24.5 Å². The molecule has 1 saturated carbocycles. The van der Waals surface area contributed by atoms with Crippen molar-refractivity contribution < 1.29 is 18.5 Å². The largest absolute Gasteiger partial charge is 0.472 e. The molecule has 0 saturated heterocycles. The SMILES string of the molecule is Cc1nc(-c2c(Cl)c3ccccc3n2-c2ccc(CNC(=O)C3(NC(=O)c4ccoc4)CC3)cc2)no1. The second kappa shape index (κ2) is 8.94. The summed E-state index contributed by atoms with van der Waals surface area (Å²) >= 11 is 6.76. The second-order valence-electron chi connectivity index (χ2n) is 9.05. The van der Waals surface area contributed by atoms with Gasteiger partial charge in [0.25, 0.3) is 5.91 Å². The van der Waals surface area contributed by atoms with Gasteiger partial charge in [0.1, 0.15) is 17.5 Å². The van der Waals surface area contributed by atoms with Gasteiger partial charge in [0.15, 0.2) is 0 Å². The highest BCUT2D eigenvalue weighted by molar-refractivity contribution is 6.38. The molecular formula is C27H22ClN5O4. The van der Waals surface area contributed by atoms with E-state index < -0.39 is 5.54 Å². The van der Waals surface area contributed by atoms with Crippen molar-refractivity contribution in [1.29, 1.82) is 0 Å². The van der Waals surface area contributed by atoms with E-state index in [-0.39, 0.29) is 11.8 Å². The fourth-order valence-electron chi connectivity index (χ4n) is 4.39. The van der Waals surface area contributed by atoms with E-state index >= 15 is 0 Å². The van der Waals surface area contributed by atoms with Gasteiger partial charge in [-0.25, -0.2) is 0 Å². The molecule has 1 aliphatic carbocycles. The molecule has 2 aromatic carbocycles. The Morgan fingerprint density at radius 1 is 1.11 bits per heavy atom. The maximum atomic E-state index is 12.9. The normalized spacial score (nSPS) is 14.0. The Hall–Kier alpha value is -4.37. The third-order valence-corrected chi connectivity index (χ3v) is 6.90. The van der Waals surface area contributed by atoms with Crippen LogP contribution in [0.2, 0.25) is 5.02 Å². The highest BCUT2D eigenvalue weighted by Crippen LogP contribution is 2.39. The number of rotatable bonds is 7. The van der Waals surface area contributed by atoms with Crippen LogP contribution in [0.4, 0.5) is 0 Å². The van der Waals surface area contributed by atoms with Gasteiger partial charge in [-0.05, 0) is 42.7 Å². The Bertz CT molecular complexity index is 1610. The van der Waals surface area contributed by atoms with E-state index in [4.69, 9.17) is 20.5 Å². The Morgan fingerprint density at radius 2 is 1.89 bits per heavy atom. The molecule has 186 valence electrons. The van der Waals surface area contributed by atoms with Crippen LogP contribution in [-0.4, -0.2) is 32.1 Å². The van der Waals surface area contributed by atoms with Gasteiger partial charge < -0.3 is 24.1 Å². The molecule has 0 bridgehead atoms. The van der Waals surface area contributed by atoms with Crippen LogP contribution in [0.15, 0.2) is 76.1 Å². The molecule has 0 aliphatic heterocycles. The van der Waals surface area contributed by atoms with Crippen molar-refractivity contribution >= 4 is 34.3 Å². The first-order valence-corrected chi connectivity index (χ1v) is 12.1. The minimum Gasteiger partial charge on any atom is -0.472 e. The van der Waals surface area contributed by atoms with Crippen LogP contribution in [0.25, 0.3) is 28.1 Å². The predicted octanol–water partition coefficient (Wildman–Crippen LogP) is 4.81. The Kier molecular flexibility index (Phi) is 5.57. The van der Waals surface area contributed by atoms with Crippen molar-refractivity contribution in [2.75, 3.05) is 0 Å². The van der Waals surface area contributed by atoms with E-state index in [1.165, 1.54) is 12.5 Å². The Balaban J connectivity index is 1.21. The van der Waals surface area contributed by atoms with E-state index in [0.29, 0.717) is 47.4 Å². The maximum absolute atomic E-state index is 12.9. The minimum atomic E-state index is -0.868. The standard InChI is InChI=1S/C27H22ClN5O4/c1-16-30-24(32-37-16)23-22(28)20-4-2-3-5-21(20)33(23)19-8-6-17(7-9-19)14-29-26(35)27(11-12-27)31-25(34)18-10-13-36-15-18/h2-10,13,15H,11-12,14H2,1H3,(H,29,35)(H,31,34). The summed E-state index contributed by atoms with van der Waals surface area (Å²) in [5.41, 5.74) is 2.85. The Morgan fingerprint density at radius 3 is 2.57 bits per heavy atom. The molecule has 3 heterocycles. The monoisotopic (exact) mass is 515 g/mol. The van der Waals surface area contributed by atoms with Crippen molar-refractivity contribution in [2.45, 2.75) is 31.8 Å². The number of carbonyl (C=O) groups is 2. The van der Waals surface area contributed by atoms with E-state index in [1.807, 2.05) is 53.1 Å². The van der Waals surface area contributed by atoms with Gasteiger partial charge in [0.2, 0.25) is 17.6 Å². The molecule has 1 fully saturated rings. The highest BCUT2D eigenvalue weighted by Gasteiger charge is 2.51. The Labute approximate surface area is 216 Å². The van der Waals surface area contributed by atoms with Crippen LogP contribution in [0.5, 0.6) is 0 Å². The summed E-state index contributed by atoms with van der Waals surface area (Å²) in [4.78, 5) is 29.6. The lowest BCUT2D eigenvalue weighted by atomic mass is 10.1. The molecule has 37 heavy (non-hydrogen) atoms. The van der Waals surface area contributed by atoms with Crippen LogP contribution in [-0.2, 0) is 11.3 Å². The lowest BCUT2D eigenvalue weighted by Gasteiger charge is -2.17. The van der Waals surface area contributed by atoms with Crippen LogP contribution < -0.4 is 10.6 Å². The molecule has 1 aliphatic rings. The number of nitrogens with one attached hydrogen (secondary N) is 2. The zero-order chi connectivity index (χ0) is 25.6. The molecule has 0 radical (unpaired) electrons. The van der Waals surface area contributed by atoms with Crippen molar-refractivity contribution in [2.24, 2.45) is 0 Å². The minimum absolute atomic E-state index is 0.202. The van der Waals surface area contributed by atoms with Gasteiger partial charge in [0.05, 0.1) is 22.4 Å². The summed E-state index contributed by atoms with van der Waals surface area (Å²) in [5.74, 6) is 0.327. The van der Waals surface area contributed by atoms with Gasteiger partial charge in [-0.2, -0.15) is 4.98 Å². The zero-order valence-electron chi connectivity index (χ0n) is 19.8. The molecule has 6 rings (SSSR count). The molecule has 2 N–H and O–H groups in total. The van der Waals surface area contributed by atoms with Crippen LogP contribution in [0.3, 0.4) is 0 Å². The van der Waals surface area contributed by atoms with E-state index in [9.17, 15) is 9.59 Å². The molecule has 2 amide bonds. The van der Waals surface area contributed by atoms with Gasteiger partial charge in [-0.1, -0.05) is 47.1 Å². The summed E-state index contributed by atoms with van der Waals surface area (Å²) in [7, 11) is 0. The van der Waals surface area contributed by atoms with Crippen molar-refractivity contribution in [3.63, 3.8) is 0 Å². The number of hydrogen-bond acceptors (Lipinski definition) is 6. The number of hydrogen-bond donors (Lipinski definition) is 2. The van der Waals surface area contributed by atoms with Crippen molar-refractivity contribution in [3.05, 3.63) is 89.2 Å². The number of aryl methyl sites for hydroxylation is 1. The number of amides is 2. The number of benzene rings is 2. The number of furan rings is 1. The van der Waals surface area contributed by atoms with E-state index in [0.717, 1.165) is 22.2 Å². The van der Waals surface area contributed by atoms with E-state index in [2.05, 4.69) is 20.8 Å². The summed E-state index contributed by atoms with van der Waals surface area (Å²) in [5, 5.41) is 11.3. The number of nitrogens with zero attached hydrogens (tertiary/aromatic N) is 3. The number of fused-ring (bicyclic) bond motifs is 1. The third kappa shape index (κ3) is 4.17. The molecule has 3 aromatic heterocycles. The van der Waals surface area contributed by atoms with Crippen molar-refractivity contribution in [1.82, 2.24) is 25.3 Å². The van der Waals surface area contributed by atoms with Gasteiger partial charge in [-0.15, -0.1) is 0 Å². The highest BCUT2D eigenvalue weighted by atomic mass is 35.5. The molecule has 0 spiro atoms. The molecule has 0 atom stereocenters. The number of para-hydroxylation sites is 1. The van der Waals surface area contributed by atoms with Crippen LogP contribution >= 0.6 is 11.6 Å². The molecular weight excluding hydrogens is 494 g/mol. The average molecular weight is 516 g/mol. The summed E-state index contributed by atoms with van der Waals surface area (Å²) in [6, 6.07) is 17.2. The predicted molar refractivity (Wildman–Crippen MR) is 136 cm³/mol. The average Bonchev–Trinajstić information content (AvgIpc) is 3.25. The van der Waals surface area contributed by atoms with Crippen LogP contribution in [0, 0.1) is 6.92 Å². The number of aromatic nitrogens is 3. The lowest BCUT2D eigenvalue weighted by molar-refractivity contribution is -0.124. The fraction of sp³-hybridized carbons (Fsp3) is 0.185. The molecule has 10 heteroatoms. The zero-order valence-corrected chi connectivity index (χ0v) is 20.6. The molecule has 0 unspecified atom stereocenters. The number of halogens is 1. The van der Waals surface area contributed by atoms with Crippen LogP contribution in [0.1, 0.15) is 34.7 Å². The van der Waals surface area contributed by atoms with Crippen molar-refractivity contribution in [3.8, 4) is 17.2 Å². The maximum Gasteiger partial charge on any atom is 0.255 e. The van der Waals surface area contributed by atoms with Gasteiger partial charge >= 0.3 is 0 Å². The second-order valence-corrected chi connectivity index (χ2v) is 9.43. The fourth-order valence-corrected chi connectivity index (χ4v) is 4.72. The smallest absolute Gasteiger partial charge is 0.255 e. The number of carbonyl (C=O) groups excluding carboxylic acids is 2. The lowest BCUT2D eigenvalue weighted by Crippen LogP contribution is -2.48. The quantitative estimate of drug-likeness (QED) is 0.321. The van der Waals surface area contributed by atoms with E-state index in [1.54, 1.807) is 13.0 Å². The third-order valence-electron chi connectivity index (χ3n) is 6.52.